The monoisotopic (exact) mass is 313 g/mol. The van der Waals surface area contributed by atoms with Crippen LogP contribution in [0.2, 0.25) is 0 Å². The van der Waals surface area contributed by atoms with Gasteiger partial charge in [0.2, 0.25) is 10.0 Å². The van der Waals surface area contributed by atoms with Gasteiger partial charge in [-0.3, -0.25) is 4.79 Å². The van der Waals surface area contributed by atoms with Gasteiger partial charge in [0.25, 0.3) is 5.91 Å². The fraction of sp³-hybridized carbons (Fsp3) is 0.643. The smallest absolute Gasteiger partial charge is 0.267 e. The maximum atomic E-state index is 12.3. The lowest BCUT2D eigenvalue weighted by atomic mass is 10.1. The molecule has 6 nitrogen and oxygen atoms in total. The third kappa shape index (κ3) is 3.47. The van der Waals surface area contributed by atoms with Crippen molar-refractivity contribution < 1.29 is 13.2 Å². The minimum Gasteiger partial charge on any atom is -0.350 e. The molecule has 0 aliphatic heterocycles. The number of hydrogen-bond donors (Lipinski definition) is 2. The van der Waals surface area contributed by atoms with Gasteiger partial charge in [0.1, 0.15) is 10.6 Å². The zero-order chi connectivity index (χ0) is 16.0. The van der Waals surface area contributed by atoms with E-state index in [9.17, 15) is 13.2 Å². The molecule has 0 spiro atoms. The molecule has 3 N–H and O–H groups in total. The van der Waals surface area contributed by atoms with Gasteiger partial charge in [-0.2, -0.15) is 0 Å². The first-order valence-electron chi connectivity index (χ1n) is 7.05. The second-order valence-corrected chi connectivity index (χ2v) is 8.27. The Hall–Kier alpha value is -1.34. The van der Waals surface area contributed by atoms with Crippen LogP contribution in [0.3, 0.4) is 0 Å². The molecule has 1 amide bonds. The minimum atomic E-state index is -3.81. The maximum Gasteiger partial charge on any atom is 0.267 e. The summed E-state index contributed by atoms with van der Waals surface area (Å²) in [6, 6.07) is 1.31. The number of sulfonamides is 1. The minimum absolute atomic E-state index is 0.0291. The number of carbonyl (C=O) groups excluding carboxylic acids is 1. The summed E-state index contributed by atoms with van der Waals surface area (Å²) in [5, 5.41) is 8.02. The van der Waals surface area contributed by atoms with Crippen LogP contribution in [0.5, 0.6) is 0 Å². The van der Waals surface area contributed by atoms with E-state index in [-0.39, 0.29) is 16.8 Å². The summed E-state index contributed by atoms with van der Waals surface area (Å²) in [6.07, 6.45) is 2.51. The lowest BCUT2D eigenvalue weighted by Crippen LogP contribution is -2.28. The number of aromatic nitrogens is 1. The van der Waals surface area contributed by atoms with Gasteiger partial charge in [0.05, 0.1) is 0 Å². The van der Waals surface area contributed by atoms with Gasteiger partial charge >= 0.3 is 0 Å². The summed E-state index contributed by atoms with van der Waals surface area (Å²) < 4.78 is 24.5. The Morgan fingerprint density at radius 1 is 1.52 bits per heavy atom. The SMILES string of the molecule is CC(C)n1cc(S(N)(=O)=O)cc1C(=O)NCC1CC1(C)C. The van der Waals surface area contributed by atoms with E-state index in [1.54, 1.807) is 4.57 Å². The van der Waals surface area contributed by atoms with E-state index in [0.29, 0.717) is 23.6 Å². The number of nitrogens with one attached hydrogen (secondary N) is 1. The van der Waals surface area contributed by atoms with E-state index in [4.69, 9.17) is 5.14 Å². The molecule has 21 heavy (non-hydrogen) atoms. The van der Waals surface area contributed by atoms with Gasteiger partial charge in [-0.05, 0) is 37.7 Å². The van der Waals surface area contributed by atoms with Gasteiger partial charge in [-0.15, -0.1) is 0 Å². The first-order valence-corrected chi connectivity index (χ1v) is 8.60. The highest BCUT2D eigenvalue weighted by Gasteiger charge is 2.45. The molecule has 1 aromatic heterocycles. The van der Waals surface area contributed by atoms with Crippen molar-refractivity contribution in [2.24, 2.45) is 16.5 Å². The standard InChI is InChI=1S/C14H23N3O3S/c1-9(2)17-8-11(21(15,19)20)5-12(17)13(18)16-7-10-6-14(10,3)4/h5,8-10H,6-7H2,1-4H3,(H,16,18)(H2,15,19,20). The van der Waals surface area contributed by atoms with Crippen LogP contribution in [-0.2, 0) is 10.0 Å². The molecule has 1 aromatic rings. The Bertz CT molecular complexity index is 659. The number of nitrogens with two attached hydrogens (primary N) is 1. The fourth-order valence-electron chi connectivity index (χ4n) is 2.45. The van der Waals surface area contributed by atoms with Crippen LogP contribution in [0.4, 0.5) is 0 Å². The molecule has 1 saturated carbocycles. The van der Waals surface area contributed by atoms with Crippen LogP contribution in [0.1, 0.15) is 50.6 Å². The van der Waals surface area contributed by atoms with Crippen LogP contribution in [-0.4, -0.2) is 25.4 Å². The van der Waals surface area contributed by atoms with Crippen molar-refractivity contribution in [2.45, 2.75) is 45.1 Å². The van der Waals surface area contributed by atoms with Crippen molar-refractivity contribution >= 4 is 15.9 Å². The van der Waals surface area contributed by atoms with E-state index < -0.39 is 10.0 Å². The molecule has 0 saturated heterocycles. The van der Waals surface area contributed by atoms with E-state index >= 15 is 0 Å². The van der Waals surface area contributed by atoms with Crippen molar-refractivity contribution in [3.05, 3.63) is 18.0 Å². The molecule has 1 aliphatic carbocycles. The average molecular weight is 313 g/mol. The van der Waals surface area contributed by atoms with Gasteiger partial charge in [-0.25, -0.2) is 13.6 Å². The maximum absolute atomic E-state index is 12.3. The van der Waals surface area contributed by atoms with Crippen LogP contribution in [0.25, 0.3) is 0 Å². The molecule has 7 heteroatoms. The number of hydrogen-bond acceptors (Lipinski definition) is 3. The van der Waals surface area contributed by atoms with E-state index in [1.807, 2.05) is 13.8 Å². The normalized spacial score (nSPS) is 20.6. The van der Waals surface area contributed by atoms with E-state index in [2.05, 4.69) is 19.2 Å². The molecule has 1 heterocycles. The molecule has 1 unspecified atom stereocenters. The van der Waals surface area contributed by atoms with Crippen molar-refractivity contribution in [1.29, 1.82) is 0 Å². The Morgan fingerprint density at radius 2 is 2.10 bits per heavy atom. The zero-order valence-electron chi connectivity index (χ0n) is 12.9. The highest BCUT2D eigenvalue weighted by molar-refractivity contribution is 7.89. The van der Waals surface area contributed by atoms with Crippen molar-refractivity contribution in [3.63, 3.8) is 0 Å². The Labute approximate surface area is 125 Å². The predicted octanol–water partition coefficient (Wildman–Crippen LogP) is 1.49. The van der Waals surface area contributed by atoms with Gasteiger partial charge in [0, 0.05) is 18.8 Å². The number of amides is 1. The highest BCUT2D eigenvalue weighted by atomic mass is 32.2. The van der Waals surface area contributed by atoms with Crippen LogP contribution in [0, 0.1) is 11.3 Å². The molecule has 1 aliphatic rings. The lowest BCUT2D eigenvalue weighted by Gasteiger charge is -2.13. The largest absolute Gasteiger partial charge is 0.350 e. The fourth-order valence-corrected chi connectivity index (χ4v) is 2.99. The third-order valence-corrected chi connectivity index (χ3v) is 5.05. The Kier molecular flexibility index (Phi) is 3.92. The van der Waals surface area contributed by atoms with E-state index in [1.165, 1.54) is 12.3 Å². The summed E-state index contributed by atoms with van der Waals surface area (Å²) in [5.74, 6) is 0.225. The third-order valence-electron chi connectivity index (χ3n) is 4.17. The summed E-state index contributed by atoms with van der Waals surface area (Å²) >= 11 is 0. The second kappa shape index (κ2) is 5.14. The number of primary sulfonamides is 1. The first-order chi connectivity index (χ1) is 9.52. The molecule has 1 fully saturated rings. The lowest BCUT2D eigenvalue weighted by molar-refractivity contribution is 0.0940. The number of nitrogens with zero attached hydrogens (tertiary/aromatic N) is 1. The van der Waals surface area contributed by atoms with Crippen molar-refractivity contribution in [2.75, 3.05) is 6.54 Å². The quantitative estimate of drug-likeness (QED) is 0.862. The van der Waals surface area contributed by atoms with Gasteiger partial charge < -0.3 is 9.88 Å². The number of rotatable bonds is 5. The van der Waals surface area contributed by atoms with Gasteiger partial charge in [-0.1, -0.05) is 13.8 Å². The van der Waals surface area contributed by atoms with E-state index in [0.717, 1.165) is 6.42 Å². The topological polar surface area (TPSA) is 94.2 Å². The Balaban J connectivity index is 2.17. The molecule has 0 radical (unpaired) electrons. The predicted molar refractivity (Wildman–Crippen MR) is 80.4 cm³/mol. The summed E-state index contributed by atoms with van der Waals surface area (Å²) in [5.41, 5.74) is 0.617. The van der Waals surface area contributed by atoms with Gasteiger partial charge in [0.15, 0.2) is 0 Å². The van der Waals surface area contributed by atoms with Crippen LogP contribution >= 0.6 is 0 Å². The van der Waals surface area contributed by atoms with Crippen LogP contribution in [0.15, 0.2) is 17.2 Å². The van der Waals surface area contributed by atoms with Crippen LogP contribution < -0.4 is 10.5 Å². The summed E-state index contributed by atoms with van der Waals surface area (Å²) in [7, 11) is -3.81. The van der Waals surface area contributed by atoms with Crippen molar-refractivity contribution in [1.82, 2.24) is 9.88 Å². The molecule has 2 rings (SSSR count). The molecule has 0 aromatic carbocycles. The second-order valence-electron chi connectivity index (χ2n) is 6.71. The zero-order valence-corrected chi connectivity index (χ0v) is 13.7. The highest BCUT2D eigenvalue weighted by Crippen LogP contribution is 2.50. The molecule has 0 bridgehead atoms. The van der Waals surface area contributed by atoms with Crippen molar-refractivity contribution in [3.8, 4) is 0 Å². The Morgan fingerprint density at radius 3 is 2.52 bits per heavy atom. The molecule has 118 valence electrons. The number of carbonyl (C=O) groups is 1. The summed E-state index contributed by atoms with van der Waals surface area (Å²) in [4.78, 5) is 12.3. The molecular weight excluding hydrogens is 290 g/mol. The average Bonchev–Trinajstić information content (AvgIpc) is 2.76. The first kappa shape index (κ1) is 16.0. The molecular formula is C14H23N3O3S. The molecule has 1 atom stereocenters. The summed E-state index contributed by atoms with van der Waals surface area (Å²) in [6.45, 7) is 8.71.